The van der Waals surface area contributed by atoms with Crippen molar-refractivity contribution in [1.82, 2.24) is 0 Å². The van der Waals surface area contributed by atoms with Gasteiger partial charge in [0.1, 0.15) is 0 Å². The van der Waals surface area contributed by atoms with E-state index in [2.05, 4.69) is 6.92 Å². The van der Waals surface area contributed by atoms with Crippen LogP contribution in [-0.2, 0) is 9.53 Å². The molecular weight excluding hydrogens is 151 g/mol. The molecule has 0 fully saturated rings. The predicted molar refractivity (Wildman–Crippen MR) is 43.1 cm³/mol. The maximum atomic E-state index is 8.89. The fraction of sp³-hybridized carbons (Fsp3) is 0.833. The van der Waals surface area contributed by atoms with Gasteiger partial charge in [0, 0.05) is 13.1 Å². The van der Waals surface area contributed by atoms with E-state index < -0.39 is 5.97 Å². The molecule has 0 saturated carbocycles. The molecule has 3 nitrogen and oxygen atoms in total. The first-order chi connectivity index (χ1) is 4.54. The second kappa shape index (κ2) is 8.86. The summed E-state index contributed by atoms with van der Waals surface area (Å²) in [4.78, 5) is 8.89. The van der Waals surface area contributed by atoms with E-state index in [4.69, 9.17) is 14.6 Å². The molecule has 2 unspecified atom stereocenters. The van der Waals surface area contributed by atoms with Gasteiger partial charge in [-0.1, -0.05) is 0 Å². The number of carboxylic acids is 1. The van der Waals surface area contributed by atoms with Crippen molar-refractivity contribution < 1.29 is 14.6 Å². The highest BCUT2D eigenvalue weighted by molar-refractivity contribution is 7.16. The van der Waals surface area contributed by atoms with Gasteiger partial charge in [0.15, 0.2) is 0 Å². The first kappa shape index (κ1) is 12.5. The van der Waals surface area contributed by atoms with Gasteiger partial charge in [0.25, 0.3) is 0 Å². The Labute approximate surface area is 64.0 Å². The fourth-order valence-corrected chi connectivity index (χ4v) is 0.354. The molecule has 0 radical (unpaired) electrons. The molecule has 0 N–H and O–H groups in total. The molecule has 0 saturated heterocycles. The van der Waals surface area contributed by atoms with Gasteiger partial charge in [-0.25, -0.2) is 0 Å². The second-order valence-electron chi connectivity index (χ2n) is 1.83. The van der Waals surface area contributed by atoms with Crippen molar-refractivity contribution in [3.05, 3.63) is 0 Å². The lowest BCUT2D eigenvalue weighted by Crippen LogP contribution is -2.16. The standard InChI is InChI=1S/C4H11OP.C2H4O2/c1-4(3-6)5-2;1-2(3)4/h4H,3,6H2,1-2H3;1H3,(H,3,4). The van der Waals surface area contributed by atoms with E-state index in [1.165, 1.54) is 0 Å². The van der Waals surface area contributed by atoms with E-state index in [-0.39, 0.29) is 0 Å². The topological polar surface area (TPSA) is 49.4 Å². The SMILES string of the molecule is CC(=O)[O-].COC(C)C[PH3+]. The van der Waals surface area contributed by atoms with Crippen molar-refractivity contribution in [2.24, 2.45) is 0 Å². The van der Waals surface area contributed by atoms with Crippen LogP contribution in [0.5, 0.6) is 0 Å². The van der Waals surface area contributed by atoms with E-state index >= 15 is 0 Å². The van der Waals surface area contributed by atoms with E-state index in [9.17, 15) is 0 Å². The third kappa shape index (κ3) is 24.8. The number of hydrogen-bond acceptors (Lipinski definition) is 3. The first-order valence-electron chi connectivity index (χ1n) is 3.04. The highest BCUT2D eigenvalue weighted by atomic mass is 31.0. The molecule has 0 aromatic heterocycles. The van der Waals surface area contributed by atoms with Crippen LogP contribution >= 0.6 is 9.24 Å². The lowest BCUT2D eigenvalue weighted by atomic mass is 10.5. The summed E-state index contributed by atoms with van der Waals surface area (Å²) in [5.41, 5.74) is 0. The summed E-state index contributed by atoms with van der Waals surface area (Å²) < 4.78 is 4.91. The van der Waals surface area contributed by atoms with Gasteiger partial charge in [0.2, 0.25) is 0 Å². The van der Waals surface area contributed by atoms with E-state index in [1.54, 1.807) is 7.11 Å². The number of carboxylic acid groups (broad SMARTS) is 1. The largest absolute Gasteiger partial charge is 0.550 e. The number of aliphatic carboxylic acids is 1. The van der Waals surface area contributed by atoms with Gasteiger partial charge in [-0.05, 0) is 23.1 Å². The molecular formula is C6H15O3P. The molecule has 0 amide bonds. The van der Waals surface area contributed by atoms with Crippen LogP contribution < -0.4 is 5.11 Å². The van der Waals surface area contributed by atoms with Gasteiger partial charge in [-0.2, -0.15) is 0 Å². The summed E-state index contributed by atoms with van der Waals surface area (Å²) in [5.74, 6) is -1.08. The number of rotatable bonds is 2. The minimum Gasteiger partial charge on any atom is -0.550 e. The zero-order valence-corrected chi connectivity index (χ0v) is 8.13. The summed E-state index contributed by atoms with van der Waals surface area (Å²) in [5, 5.41) is 8.89. The number of hydrogen-bond donors (Lipinski definition) is 0. The molecule has 0 aromatic rings. The van der Waals surface area contributed by atoms with Crippen molar-refractivity contribution in [3.63, 3.8) is 0 Å². The van der Waals surface area contributed by atoms with Gasteiger partial charge >= 0.3 is 0 Å². The molecule has 2 atom stereocenters. The Kier molecular flexibility index (Phi) is 11.1. The summed E-state index contributed by atoms with van der Waals surface area (Å²) in [6.45, 7) is 3.03. The second-order valence-corrected chi connectivity index (χ2v) is 2.40. The summed E-state index contributed by atoms with van der Waals surface area (Å²) in [6, 6.07) is 0. The number of carbonyl (C=O) groups is 1. The zero-order chi connectivity index (χ0) is 8.57. The van der Waals surface area contributed by atoms with Crippen LogP contribution in [0, 0.1) is 0 Å². The van der Waals surface area contributed by atoms with Crippen LogP contribution in [-0.4, -0.2) is 25.3 Å². The third-order valence-corrected chi connectivity index (χ3v) is 1.62. The van der Waals surface area contributed by atoms with Crippen LogP contribution in [0.1, 0.15) is 13.8 Å². The summed E-state index contributed by atoms with van der Waals surface area (Å²) in [7, 11) is 3.67. The Morgan fingerprint density at radius 1 is 1.80 bits per heavy atom. The average molecular weight is 166 g/mol. The lowest BCUT2D eigenvalue weighted by molar-refractivity contribution is -0.302. The van der Waals surface area contributed by atoms with Crippen molar-refractivity contribution in [2.75, 3.05) is 13.3 Å². The summed E-state index contributed by atoms with van der Waals surface area (Å²) >= 11 is 0. The smallest absolute Gasteiger partial charge is 0.0873 e. The predicted octanol–water partition coefficient (Wildman–Crippen LogP) is -0.615. The molecule has 0 bridgehead atoms. The van der Waals surface area contributed by atoms with Crippen LogP contribution in [0.2, 0.25) is 0 Å². The van der Waals surface area contributed by atoms with Gasteiger partial charge in [0.05, 0.1) is 12.3 Å². The maximum absolute atomic E-state index is 8.89. The van der Waals surface area contributed by atoms with Crippen LogP contribution in [0.15, 0.2) is 0 Å². The van der Waals surface area contributed by atoms with Crippen molar-refractivity contribution in [3.8, 4) is 0 Å². The highest BCUT2D eigenvalue weighted by Gasteiger charge is 1.92. The van der Waals surface area contributed by atoms with E-state index in [1.807, 2.05) is 9.24 Å². The van der Waals surface area contributed by atoms with E-state index in [0.717, 1.165) is 13.1 Å². The normalized spacial score (nSPS) is 11.5. The first-order valence-corrected chi connectivity index (χ1v) is 4.04. The van der Waals surface area contributed by atoms with Gasteiger partial charge in [-0.15, -0.1) is 0 Å². The van der Waals surface area contributed by atoms with Crippen molar-refractivity contribution >= 4 is 15.2 Å². The minimum atomic E-state index is -1.08. The molecule has 0 aliphatic carbocycles. The Morgan fingerprint density at radius 2 is 2.10 bits per heavy atom. The molecule has 0 aromatic carbocycles. The van der Waals surface area contributed by atoms with Crippen LogP contribution in [0.25, 0.3) is 0 Å². The van der Waals surface area contributed by atoms with Gasteiger partial charge < -0.3 is 14.6 Å². The number of ether oxygens (including phenoxy) is 1. The average Bonchev–Trinajstić information content (AvgIpc) is 1.85. The minimum absolute atomic E-state index is 0.448. The molecule has 10 heavy (non-hydrogen) atoms. The monoisotopic (exact) mass is 166 g/mol. The molecule has 4 heteroatoms. The third-order valence-electron chi connectivity index (χ3n) is 0.809. The fourth-order valence-electron chi connectivity index (χ4n) is 0.118. The maximum Gasteiger partial charge on any atom is 0.0873 e. The Morgan fingerprint density at radius 3 is 2.10 bits per heavy atom. The Bertz CT molecular complexity index is 77.1. The molecule has 0 rings (SSSR count). The van der Waals surface area contributed by atoms with Crippen LogP contribution in [0.4, 0.5) is 0 Å². The molecule has 0 aliphatic rings. The van der Waals surface area contributed by atoms with Crippen molar-refractivity contribution in [1.29, 1.82) is 0 Å². The number of carbonyl (C=O) groups excluding carboxylic acids is 1. The zero-order valence-electron chi connectivity index (χ0n) is 6.72. The molecule has 62 valence electrons. The quantitative estimate of drug-likeness (QED) is 0.514. The van der Waals surface area contributed by atoms with E-state index in [0.29, 0.717) is 6.10 Å². The molecule has 0 spiro atoms. The summed E-state index contributed by atoms with van der Waals surface area (Å²) in [6.07, 6.45) is 1.58. The molecule has 0 heterocycles. The highest BCUT2D eigenvalue weighted by Crippen LogP contribution is 1.91. The van der Waals surface area contributed by atoms with Crippen LogP contribution in [0.3, 0.4) is 0 Å². The van der Waals surface area contributed by atoms with Gasteiger partial charge in [-0.3, -0.25) is 0 Å². The number of methoxy groups -OCH3 is 1. The Balaban J connectivity index is 0. The molecule has 0 aliphatic heterocycles. The lowest BCUT2D eigenvalue weighted by Gasteiger charge is -1.98. The Hall–Kier alpha value is -0.140. The van der Waals surface area contributed by atoms with Crippen molar-refractivity contribution in [2.45, 2.75) is 20.0 Å².